The first kappa shape index (κ1) is 12.3. The predicted octanol–water partition coefficient (Wildman–Crippen LogP) is 2.15. The van der Waals surface area contributed by atoms with Crippen LogP contribution in [0.4, 0.5) is 5.95 Å². The molecule has 2 N–H and O–H groups in total. The number of rotatable bonds is 4. The average molecular weight is 234 g/mol. The lowest BCUT2D eigenvalue weighted by molar-refractivity contribution is 0.477. The van der Waals surface area contributed by atoms with Crippen molar-refractivity contribution in [3.05, 3.63) is 18.0 Å². The number of hydrogen-bond acceptors (Lipinski definition) is 4. The van der Waals surface area contributed by atoms with Crippen LogP contribution in [0, 0.1) is 0 Å². The van der Waals surface area contributed by atoms with Gasteiger partial charge < -0.3 is 10.6 Å². The summed E-state index contributed by atoms with van der Waals surface area (Å²) in [6.07, 6.45) is 5.39. The van der Waals surface area contributed by atoms with E-state index in [4.69, 9.17) is 0 Å². The number of nitrogens with zero attached hydrogens (tertiary/aromatic N) is 2. The Hall–Kier alpha value is -1.16. The molecule has 1 saturated heterocycles. The average Bonchev–Trinajstić information content (AvgIpc) is 2.39. The summed E-state index contributed by atoms with van der Waals surface area (Å²) < 4.78 is 0. The van der Waals surface area contributed by atoms with Gasteiger partial charge in [0, 0.05) is 24.5 Å². The van der Waals surface area contributed by atoms with Gasteiger partial charge in [0.1, 0.15) is 0 Å². The summed E-state index contributed by atoms with van der Waals surface area (Å²) in [5.74, 6) is 1.28. The lowest BCUT2D eigenvalue weighted by Gasteiger charge is -2.24. The second-order valence-corrected chi connectivity index (χ2v) is 4.80. The number of anilines is 1. The van der Waals surface area contributed by atoms with Crippen molar-refractivity contribution in [3.8, 4) is 0 Å². The Morgan fingerprint density at radius 2 is 2.47 bits per heavy atom. The largest absolute Gasteiger partial charge is 0.350 e. The molecule has 0 aliphatic carbocycles. The van der Waals surface area contributed by atoms with Gasteiger partial charge in [-0.3, -0.25) is 0 Å². The molecule has 0 saturated carbocycles. The van der Waals surface area contributed by atoms with Crippen molar-refractivity contribution >= 4 is 5.95 Å². The van der Waals surface area contributed by atoms with E-state index in [0.717, 1.165) is 31.2 Å². The van der Waals surface area contributed by atoms with Gasteiger partial charge in [0.2, 0.25) is 5.95 Å². The molecule has 0 amide bonds. The smallest absolute Gasteiger partial charge is 0.223 e. The second-order valence-electron chi connectivity index (χ2n) is 4.80. The number of nitrogens with one attached hydrogen (secondary N) is 2. The zero-order valence-corrected chi connectivity index (χ0v) is 10.7. The molecule has 4 nitrogen and oxygen atoms in total. The third-order valence-electron chi connectivity index (χ3n) is 3.42. The van der Waals surface area contributed by atoms with Crippen LogP contribution in [0.1, 0.15) is 44.7 Å². The van der Waals surface area contributed by atoms with E-state index >= 15 is 0 Å². The van der Waals surface area contributed by atoms with Crippen LogP contribution in [0.5, 0.6) is 0 Å². The molecule has 1 fully saturated rings. The summed E-state index contributed by atoms with van der Waals surface area (Å²) in [5.41, 5.74) is 1.13. The highest BCUT2D eigenvalue weighted by molar-refractivity contribution is 5.28. The highest BCUT2D eigenvalue weighted by Crippen LogP contribution is 2.17. The highest BCUT2D eigenvalue weighted by Gasteiger charge is 2.14. The molecule has 1 aromatic rings. The van der Waals surface area contributed by atoms with Crippen molar-refractivity contribution in [2.24, 2.45) is 0 Å². The minimum absolute atomic E-state index is 0.468. The van der Waals surface area contributed by atoms with Crippen LogP contribution >= 0.6 is 0 Å². The lowest BCUT2D eigenvalue weighted by Crippen LogP contribution is -2.38. The molecule has 94 valence electrons. The Bertz CT molecular complexity index is 347. The van der Waals surface area contributed by atoms with Crippen molar-refractivity contribution in [1.82, 2.24) is 15.3 Å². The standard InChI is InChI=1S/C13H22N4/c1-3-10(2)12-6-8-15-13(17-12)16-11-5-4-7-14-9-11/h6,8,10-11,14H,3-5,7,9H2,1-2H3,(H,15,16,17)/t10?,11-/m1/s1. The first-order chi connectivity index (χ1) is 8.29. The van der Waals surface area contributed by atoms with Crippen molar-refractivity contribution in [3.63, 3.8) is 0 Å². The Kier molecular flexibility index (Phi) is 4.31. The third kappa shape index (κ3) is 3.40. The molecular weight excluding hydrogens is 212 g/mol. The fraction of sp³-hybridized carbons (Fsp3) is 0.692. The van der Waals surface area contributed by atoms with Crippen molar-refractivity contribution < 1.29 is 0 Å². The first-order valence-electron chi connectivity index (χ1n) is 6.59. The number of piperidine rings is 1. The molecule has 1 aromatic heterocycles. The Labute approximate surface area is 103 Å². The van der Waals surface area contributed by atoms with Gasteiger partial charge in [0.25, 0.3) is 0 Å². The van der Waals surface area contributed by atoms with Gasteiger partial charge in [-0.15, -0.1) is 0 Å². The molecule has 2 atom stereocenters. The maximum Gasteiger partial charge on any atom is 0.223 e. The van der Waals surface area contributed by atoms with E-state index in [1.165, 1.54) is 12.8 Å². The molecule has 0 bridgehead atoms. The number of hydrogen-bond donors (Lipinski definition) is 2. The Morgan fingerprint density at radius 1 is 1.59 bits per heavy atom. The van der Waals surface area contributed by atoms with E-state index in [-0.39, 0.29) is 0 Å². The zero-order chi connectivity index (χ0) is 12.1. The van der Waals surface area contributed by atoms with Crippen LogP contribution in [0.3, 0.4) is 0 Å². The quantitative estimate of drug-likeness (QED) is 0.838. The lowest BCUT2D eigenvalue weighted by atomic mass is 10.1. The molecule has 2 heterocycles. The van der Waals surface area contributed by atoms with Gasteiger partial charge >= 0.3 is 0 Å². The fourth-order valence-electron chi connectivity index (χ4n) is 2.08. The van der Waals surface area contributed by atoms with E-state index in [2.05, 4.69) is 34.4 Å². The summed E-state index contributed by atoms with van der Waals surface area (Å²) in [6, 6.07) is 2.48. The van der Waals surface area contributed by atoms with Crippen molar-refractivity contribution in [2.45, 2.75) is 45.1 Å². The van der Waals surface area contributed by atoms with E-state index in [1.807, 2.05) is 12.3 Å². The SMILES string of the molecule is CCC(C)c1ccnc(N[C@@H]2CCCNC2)n1. The van der Waals surface area contributed by atoms with Crippen LogP contribution < -0.4 is 10.6 Å². The van der Waals surface area contributed by atoms with Crippen molar-refractivity contribution in [1.29, 1.82) is 0 Å². The Balaban J connectivity index is 2.00. The minimum Gasteiger partial charge on any atom is -0.350 e. The minimum atomic E-state index is 0.468. The molecular formula is C13H22N4. The van der Waals surface area contributed by atoms with Gasteiger partial charge in [-0.2, -0.15) is 0 Å². The number of aromatic nitrogens is 2. The van der Waals surface area contributed by atoms with E-state index in [0.29, 0.717) is 12.0 Å². The Morgan fingerprint density at radius 3 is 3.18 bits per heavy atom. The van der Waals surface area contributed by atoms with E-state index in [9.17, 15) is 0 Å². The third-order valence-corrected chi connectivity index (χ3v) is 3.42. The normalized spacial score (nSPS) is 22.1. The monoisotopic (exact) mass is 234 g/mol. The molecule has 0 spiro atoms. The summed E-state index contributed by atoms with van der Waals surface area (Å²) in [4.78, 5) is 8.89. The maximum atomic E-state index is 4.59. The summed E-state index contributed by atoms with van der Waals surface area (Å²) >= 11 is 0. The zero-order valence-electron chi connectivity index (χ0n) is 10.7. The maximum absolute atomic E-state index is 4.59. The van der Waals surface area contributed by atoms with Crippen molar-refractivity contribution in [2.75, 3.05) is 18.4 Å². The molecule has 1 unspecified atom stereocenters. The summed E-state index contributed by atoms with van der Waals surface area (Å²) in [7, 11) is 0. The highest BCUT2D eigenvalue weighted by atomic mass is 15.1. The first-order valence-corrected chi connectivity index (χ1v) is 6.59. The van der Waals surface area contributed by atoms with Crippen LogP contribution in [-0.2, 0) is 0 Å². The van der Waals surface area contributed by atoms with Gasteiger partial charge in [-0.05, 0) is 37.8 Å². The van der Waals surface area contributed by atoms with Crippen LogP contribution in [0.2, 0.25) is 0 Å². The topological polar surface area (TPSA) is 49.8 Å². The van der Waals surface area contributed by atoms with Crippen LogP contribution in [0.15, 0.2) is 12.3 Å². The van der Waals surface area contributed by atoms with E-state index < -0.39 is 0 Å². The summed E-state index contributed by atoms with van der Waals surface area (Å²) in [6.45, 7) is 6.53. The molecule has 4 heteroatoms. The molecule has 1 aliphatic rings. The predicted molar refractivity (Wildman–Crippen MR) is 70.3 cm³/mol. The fourth-order valence-corrected chi connectivity index (χ4v) is 2.08. The molecule has 0 aromatic carbocycles. The van der Waals surface area contributed by atoms with Gasteiger partial charge in [-0.25, -0.2) is 9.97 Å². The summed E-state index contributed by atoms with van der Waals surface area (Å²) in [5, 5.41) is 6.80. The van der Waals surface area contributed by atoms with Gasteiger partial charge in [0.05, 0.1) is 0 Å². The van der Waals surface area contributed by atoms with Crippen LogP contribution in [-0.4, -0.2) is 29.1 Å². The molecule has 17 heavy (non-hydrogen) atoms. The molecule has 2 rings (SSSR count). The van der Waals surface area contributed by atoms with Gasteiger partial charge in [0.15, 0.2) is 0 Å². The van der Waals surface area contributed by atoms with Gasteiger partial charge in [-0.1, -0.05) is 13.8 Å². The molecule has 0 radical (unpaired) electrons. The molecule has 1 aliphatic heterocycles. The van der Waals surface area contributed by atoms with E-state index in [1.54, 1.807) is 0 Å². The van der Waals surface area contributed by atoms with Crippen LogP contribution in [0.25, 0.3) is 0 Å². The second kappa shape index (κ2) is 5.96.